The van der Waals surface area contributed by atoms with Gasteiger partial charge >= 0.3 is 12.1 Å². The number of alkyl halides is 3. The van der Waals surface area contributed by atoms with E-state index in [-0.39, 0.29) is 23.8 Å². The monoisotopic (exact) mass is 591 g/mol. The van der Waals surface area contributed by atoms with Crippen LogP contribution in [0, 0.1) is 12.8 Å². The molecule has 0 spiro atoms. The first-order chi connectivity index (χ1) is 19.2. The molecule has 2 saturated heterocycles. The maximum atomic E-state index is 14.1. The highest BCUT2D eigenvalue weighted by atomic mass is 32.2. The van der Waals surface area contributed by atoms with Gasteiger partial charge in [-0.25, -0.2) is 4.98 Å². The van der Waals surface area contributed by atoms with Crippen molar-refractivity contribution in [1.29, 1.82) is 0 Å². The smallest absolute Gasteiger partial charge is 0.419 e. The van der Waals surface area contributed by atoms with Crippen LogP contribution in [0.1, 0.15) is 35.1 Å². The highest BCUT2D eigenvalue weighted by molar-refractivity contribution is 7.99. The van der Waals surface area contributed by atoms with Gasteiger partial charge in [-0.15, -0.1) is 11.3 Å². The van der Waals surface area contributed by atoms with Gasteiger partial charge in [0, 0.05) is 55.2 Å². The molecule has 0 aliphatic carbocycles. The van der Waals surface area contributed by atoms with Crippen LogP contribution in [0.3, 0.4) is 0 Å². The first kappa shape index (κ1) is 28.8. The SMILES string of the molecule is Cc1cc(CN2CCSCC2)ccc1COc1c(-c2csc(N3CCC(C(=O)O)CC3)n2)cccc1C(F)(F)F. The average molecular weight is 592 g/mol. The second kappa shape index (κ2) is 12.4. The van der Waals surface area contributed by atoms with E-state index >= 15 is 0 Å². The number of anilines is 1. The summed E-state index contributed by atoms with van der Waals surface area (Å²) in [4.78, 5) is 20.3. The molecule has 2 fully saturated rings. The maximum Gasteiger partial charge on any atom is 0.419 e. The summed E-state index contributed by atoms with van der Waals surface area (Å²) >= 11 is 3.31. The predicted octanol–water partition coefficient (Wildman–Crippen LogP) is 6.57. The van der Waals surface area contributed by atoms with Crippen LogP contribution in [0.2, 0.25) is 0 Å². The van der Waals surface area contributed by atoms with Crippen molar-refractivity contribution in [2.24, 2.45) is 5.92 Å². The molecule has 3 aromatic rings. The molecule has 0 saturated carbocycles. The van der Waals surface area contributed by atoms with Gasteiger partial charge < -0.3 is 14.7 Å². The summed E-state index contributed by atoms with van der Waals surface area (Å²) in [6.07, 6.45) is -3.57. The van der Waals surface area contributed by atoms with Crippen molar-refractivity contribution in [3.8, 4) is 17.0 Å². The van der Waals surface area contributed by atoms with E-state index in [1.807, 2.05) is 35.7 Å². The number of benzene rings is 2. The van der Waals surface area contributed by atoms with Crippen LogP contribution in [0.15, 0.2) is 41.8 Å². The van der Waals surface area contributed by atoms with E-state index in [0.717, 1.165) is 48.3 Å². The number of carboxylic acids is 1. The lowest BCUT2D eigenvalue weighted by Crippen LogP contribution is -2.36. The van der Waals surface area contributed by atoms with E-state index in [1.54, 1.807) is 11.4 Å². The minimum absolute atomic E-state index is 0.00621. The lowest BCUT2D eigenvalue weighted by Gasteiger charge is -2.29. The van der Waals surface area contributed by atoms with E-state index in [0.29, 0.717) is 36.8 Å². The number of thiazole rings is 1. The zero-order valence-electron chi connectivity index (χ0n) is 22.2. The summed E-state index contributed by atoms with van der Waals surface area (Å²) in [5.74, 6) is 0.869. The third-order valence-corrected chi connectivity index (χ3v) is 9.34. The van der Waals surface area contributed by atoms with Crippen LogP contribution in [0.5, 0.6) is 5.75 Å². The summed E-state index contributed by atoms with van der Waals surface area (Å²) < 4.78 is 48.1. The predicted molar refractivity (Wildman–Crippen MR) is 153 cm³/mol. The molecule has 0 unspecified atom stereocenters. The number of carboxylic acid groups (broad SMARTS) is 1. The number of piperidine rings is 1. The standard InChI is InChI=1S/C29H32F3N3O3S2/c1-19-15-20(16-34-11-13-39-14-12-34)5-6-22(19)17-38-26-23(3-2-4-24(26)29(30,31)32)25-18-40-28(33-25)35-9-7-21(8-10-35)27(36)37/h2-6,15,18,21H,7-14,16-17H2,1H3,(H,36,37). The van der Waals surface area contributed by atoms with Crippen molar-refractivity contribution < 1.29 is 27.8 Å². The Morgan fingerprint density at radius 3 is 2.55 bits per heavy atom. The Kier molecular flexibility index (Phi) is 8.92. The third kappa shape index (κ3) is 6.75. The molecule has 0 bridgehead atoms. The van der Waals surface area contributed by atoms with E-state index < -0.39 is 17.7 Å². The van der Waals surface area contributed by atoms with Crippen molar-refractivity contribution in [2.45, 2.75) is 39.1 Å². The second-order valence-electron chi connectivity index (χ2n) is 10.2. The highest BCUT2D eigenvalue weighted by Gasteiger charge is 2.36. The van der Waals surface area contributed by atoms with Crippen molar-refractivity contribution in [2.75, 3.05) is 42.6 Å². The maximum absolute atomic E-state index is 14.1. The molecule has 1 N–H and O–H groups in total. The quantitative estimate of drug-likeness (QED) is 0.318. The van der Waals surface area contributed by atoms with Crippen LogP contribution in [-0.2, 0) is 24.1 Å². The van der Waals surface area contributed by atoms with E-state index in [1.165, 1.54) is 23.0 Å². The zero-order valence-corrected chi connectivity index (χ0v) is 23.9. The highest BCUT2D eigenvalue weighted by Crippen LogP contribution is 2.43. The summed E-state index contributed by atoms with van der Waals surface area (Å²) in [6, 6.07) is 10.1. The summed E-state index contributed by atoms with van der Waals surface area (Å²) in [7, 11) is 0. The number of ether oxygens (including phenoxy) is 1. The van der Waals surface area contributed by atoms with Crippen LogP contribution in [0.4, 0.5) is 18.3 Å². The fourth-order valence-corrected chi connectivity index (χ4v) is 7.01. The number of hydrogen-bond donors (Lipinski definition) is 1. The number of carbonyl (C=O) groups is 1. The molecule has 2 aliphatic heterocycles. The Bertz CT molecular complexity index is 1330. The number of rotatable bonds is 8. The normalized spacial score (nSPS) is 17.2. The van der Waals surface area contributed by atoms with Gasteiger partial charge in [0.1, 0.15) is 12.4 Å². The van der Waals surface area contributed by atoms with Crippen molar-refractivity contribution in [3.05, 3.63) is 64.0 Å². The van der Waals surface area contributed by atoms with Crippen LogP contribution >= 0.6 is 23.1 Å². The van der Waals surface area contributed by atoms with Gasteiger partial charge in [-0.05, 0) is 48.6 Å². The first-order valence-electron chi connectivity index (χ1n) is 13.3. The van der Waals surface area contributed by atoms with Crippen LogP contribution in [0.25, 0.3) is 11.3 Å². The molecule has 0 amide bonds. The molecule has 6 nitrogen and oxygen atoms in total. The largest absolute Gasteiger partial charge is 0.488 e. The van der Waals surface area contributed by atoms with Gasteiger partial charge in [0.25, 0.3) is 0 Å². The Hall–Kier alpha value is -2.76. The van der Waals surface area contributed by atoms with Gasteiger partial charge in [0.15, 0.2) is 5.13 Å². The van der Waals surface area contributed by atoms with Gasteiger partial charge in [-0.2, -0.15) is 24.9 Å². The topological polar surface area (TPSA) is 65.9 Å². The Labute approximate surface area is 240 Å². The number of aliphatic carboxylic acids is 1. The Balaban J connectivity index is 1.35. The molecular weight excluding hydrogens is 559 g/mol. The minimum Gasteiger partial charge on any atom is -0.488 e. The molecule has 2 aromatic carbocycles. The average Bonchev–Trinajstić information content (AvgIpc) is 3.43. The molecule has 5 rings (SSSR count). The molecule has 214 valence electrons. The van der Waals surface area contributed by atoms with E-state index in [4.69, 9.17) is 4.74 Å². The lowest BCUT2D eigenvalue weighted by atomic mass is 9.97. The van der Waals surface area contributed by atoms with E-state index in [2.05, 4.69) is 16.0 Å². The van der Waals surface area contributed by atoms with Gasteiger partial charge in [0.2, 0.25) is 0 Å². The molecule has 0 atom stereocenters. The summed E-state index contributed by atoms with van der Waals surface area (Å²) in [5.41, 5.74) is 2.87. The molecule has 2 aliphatic rings. The fourth-order valence-electron chi connectivity index (χ4n) is 5.15. The molecule has 40 heavy (non-hydrogen) atoms. The Morgan fingerprint density at radius 1 is 1.12 bits per heavy atom. The Morgan fingerprint density at radius 2 is 1.88 bits per heavy atom. The van der Waals surface area contributed by atoms with Crippen LogP contribution in [-0.4, -0.2) is 58.6 Å². The minimum atomic E-state index is -4.59. The molecule has 0 radical (unpaired) electrons. The van der Waals surface area contributed by atoms with Crippen molar-refractivity contribution in [1.82, 2.24) is 9.88 Å². The van der Waals surface area contributed by atoms with Gasteiger partial charge in [0.05, 0.1) is 17.2 Å². The number of thioether (sulfide) groups is 1. The van der Waals surface area contributed by atoms with E-state index in [9.17, 15) is 23.1 Å². The van der Waals surface area contributed by atoms with Crippen molar-refractivity contribution in [3.63, 3.8) is 0 Å². The van der Waals surface area contributed by atoms with Gasteiger partial charge in [-0.3, -0.25) is 9.69 Å². The van der Waals surface area contributed by atoms with Crippen molar-refractivity contribution >= 4 is 34.2 Å². The molecule has 11 heteroatoms. The lowest BCUT2D eigenvalue weighted by molar-refractivity contribution is -0.142. The number of halogens is 3. The van der Waals surface area contributed by atoms with Gasteiger partial charge in [-0.1, -0.05) is 24.3 Å². The first-order valence-corrected chi connectivity index (χ1v) is 15.4. The third-order valence-electron chi connectivity index (χ3n) is 7.49. The fraction of sp³-hybridized carbons (Fsp3) is 0.448. The number of aryl methyl sites for hydroxylation is 1. The number of nitrogens with zero attached hydrogens (tertiary/aromatic N) is 3. The molecule has 1 aromatic heterocycles. The summed E-state index contributed by atoms with van der Waals surface area (Å²) in [5, 5.41) is 11.7. The molecular formula is C29H32F3N3O3S2. The van der Waals surface area contributed by atoms with Crippen LogP contribution < -0.4 is 9.64 Å². The summed E-state index contributed by atoms with van der Waals surface area (Å²) in [6.45, 7) is 6.04. The second-order valence-corrected chi connectivity index (χ2v) is 12.3. The number of hydrogen-bond acceptors (Lipinski definition) is 7. The number of para-hydroxylation sites is 1. The molecule has 3 heterocycles. The number of aromatic nitrogens is 1. The zero-order chi connectivity index (χ0) is 28.3.